The summed E-state index contributed by atoms with van der Waals surface area (Å²) < 4.78 is 44.0. The molecule has 2 rings (SSSR count). The van der Waals surface area contributed by atoms with Crippen LogP contribution in [0.25, 0.3) is 0 Å². The zero-order chi connectivity index (χ0) is 18.7. The van der Waals surface area contributed by atoms with Crippen LogP contribution in [0.5, 0.6) is 0 Å². The Morgan fingerprint density at radius 2 is 1.84 bits per heavy atom. The topological polar surface area (TPSA) is 75.7 Å². The average Bonchev–Trinajstić information content (AvgIpc) is 2.93. The van der Waals surface area contributed by atoms with Gasteiger partial charge in [-0.1, -0.05) is 0 Å². The van der Waals surface area contributed by atoms with E-state index in [-0.39, 0.29) is 25.3 Å². The Labute approximate surface area is 141 Å². The first-order valence-corrected chi connectivity index (χ1v) is 7.69. The van der Waals surface area contributed by atoms with Crippen LogP contribution in [0.15, 0.2) is 12.1 Å². The Kier molecular flexibility index (Phi) is 5.66. The summed E-state index contributed by atoms with van der Waals surface area (Å²) >= 11 is 0. The van der Waals surface area contributed by atoms with Crippen molar-refractivity contribution in [2.75, 3.05) is 18.5 Å². The van der Waals surface area contributed by atoms with E-state index in [2.05, 4.69) is 10.1 Å². The van der Waals surface area contributed by atoms with E-state index in [1.165, 1.54) is 4.90 Å². The van der Waals surface area contributed by atoms with Gasteiger partial charge in [-0.05, 0) is 20.3 Å². The average molecular weight is 358 g/mol. The largest absolute Gasteiger partial charge is 0.459 e. The maximum Gasteiger partial charge on any atom is 0.397 e. The summed E-state index contributed by atoms with van der Waals surface area (Å²) in [6.45, 7) is 3.37. The number of anilines is 1. The molecule has 1 N–H and O–H groups in total. The second-order valence-electron chi connectivity index (χ2n) is 5.60. The van der Waals surface area contributed by atoms with Gasteiger partial charge >= 0.3 is 11.9 Å². The lowest BCUT2D eigenvalue weighted by molar-refractivity contribution is -0.160. The zero-order valence-corrected chi connectivity index (χ0v) is 13.6. The molecule has 0 radical (unpaired) electrons. The smallest absolute Gasteiger partial charge is 0.397 e. The van der Waals surface area contributed by atoms with Gasteiger partial charge in [-0.3, -0.25) is 9.59 Å². The molecule has 0 unspecified atom stereocenters. The van der Waals surface area contributed by atoms with Crippen molar-refractivity contribution in [3.8, 4) is 0 Å². The van der Waals surface area contributed by atoms with Crippen molar-refractivity contribution in [3.63, 3.8) is 0 Å². The van der Waals surface area contributed by atoms with E-state index in [9.17, 15) is 27.6 Å². The number of carbonyl (C=O) groups is 3. The first kappa shape index (κ1) is 18.8. The standard InChI is InChI=1S/C16H17F3N2O4/c1-3-25-16(24)15(23)21-5-4-10(8(21)2)14(22)20-9-6-11(17)13(19)12(18)7-9/h6-8,10H,3-5H2,1-2H3,(H,20,22)/t8-,10-/m0/s1. The molecule has 1 aromatic rings. The normalized spacial score (nSPS) is 19.6. The summed E-state index contributed by atoms with van der Waals surface area (Å²) in [5, 5.41) is 2.30. The molecule has 1 saturated heterocycles. The lowest BCUT2D eigenvalue weighted by Crippen LogP contribution is -2.42. The van der Waals surface area contributed by atoms with Gasteiger partial charge in [-0.15, -0.1) is 0 Å². The minimum atomic E-state index is -1.63. The van der Waals surface area contributed by atoms with Crippen LogP contribution >= 0.6 is 0 Å². The summed E-state index contributed by atoms with van der Waals surface area (Å²) in [5.74, 6) is -7.59. The molecule has 1 aliphatic rings. The number of nitrogens with zero attached hydrogens (tertiary/aromatic N) is 1. The van der Waals surface area contributed by atoms with Gasteiger partial charge in [0.1, 0.15) is 0 Å². The van der Waals surface area contributed by atoms with Crippen LogP contribution in [0.2, 0.25) is 0 Å². The fourth-order valence-corrected chi connectivity index (χ4v) is 2.75. The molecule has 0 saturated carbocycles. The Hall–Kier alpha value is -2.58. The molecule has 1 aliphatic heterocycles. The molecule has 1 aromatic carbocycles. The van der Waals surface area contributed by atoms with Gasteiger partial charge in [-0.25, -0.2) is 18.0 Å². The van der Waals surface area contributed by atoms with Crippen LogP contribution < -0.4 is 5.32 Å². The van der Waals surface area contributed by atoms with Gasteiger partial charge in [-0.2, -0.15) is 0 Å². The second-order valence-corrected chi connectivity index (χ2v) is 5.60. The Bertz CT molecular complexity index is 688. The molecule has 1 heterocycles. The molecular formula is C16H17F3N2O4. The highest BCUT2D eigenvalue weighted by Gasteiger charge is 2.40. The van der Waals surface area contributed by atoms with E-state index in [1.54, 1.807) is 13.8 Å². The maximum absolute atomic E-state index is 13.2. The van der Waals surface area contributed by atoms with Crippen molar-refractivity contribution in [2.45, 2.75) is 26.3 Å². The number of likely N-dealkylation sites (tertiary alicyclic amines) is 1. The Morgan fingerprint density at radius 3 is 2.40 bits per heavy atom. The summed E-state index contributed by atoms with van der Waals surface area (Å²) in [5.41, 5.74) is -0.233. The predicted octanol–water partition coefficient (Wildman–Crippen LogP) is 1.84. The van der Waals surface area contributed by atoms with Crippen molar-refractivity contribution in [3.05, 3.63) is 29.6 Å². The molecule has 136 valence electrons. The van der Waals surface area contributed by atoms with Crippen molar-refractivity contribution in [2.24, 2.45) is 5.92 Å². The molecule has 0 aromatic heterocycles. The number of benzene rings is 1. The quantitative estimate of drug-likeness (QED) is 0.508. The molecule has 9 heteroatoms. The van der Waals surface area contributed by atoms with Crippen LogP contribution in [-0.4, -0.2) is 41.9 Å². The van der Waals surface area contributed by atoms with Crippen LogP contribution in [0, 0.1) is 23.4 Å². The summed E-state index contributed by atoms with van der Waals surface area (Å²) in [6.07, 6.45) is 0.268. The minimum absolute atomic E-state index is 0.0540. The molecule has 2 amide bonds. The van der Waals surface area contributed by atoms with Crippen molar-refractivity contribution >= 4 is 23.5 Å². The third kappa shape index (κ3) is 3.92. The van der Waals surface area contributed by atoms with Gasteiger partial charge in [0.2, 0.25) is 5.91 Å². The molecule has 25 heavy (non-hydrogen) atoms. The second kappa shape index (κ2) is 7.54. The highest BCUT2D eigenvalue weighted by Crippen LogP contribution is 2.26. The van der Waals surface area contributed by atoms with Gasteiger partial charge in [0.05, 0.1) is 12.5 Å². The van der Waals surface area contributed by atoms with Crippen LogP contribution in [0.4, 0.5) is 18.9 Å². The van der Waals surface area contributed by atoms with Crippen LogP contribution in [0.3, 0.4) is 0 Å². The Morgan fingerprint density at radius 1 is 1.24 bits per heavy atom. The van der Waals surface area contributed by atoms with Crippen molar-refractivity contribution in [1.29, 1.82) is 0 Å². The molecular weight excluding hydrogens is 341 g/mol. The van der Waals surface area contributed by atoms with E-state index >= 15 is 0 Å². The predicted molar refractivity (Wildman–Crippen MR) is 80.9 cm³/mol. The first-order chi connectivity index (χ1) is 11.8. The van der Waals surface area contributed by atoms with E-state index in [4.69, 9.17) is 0 Å². The highest BCUT2D eigenvalue weighted by atomic mass is 19.2. The van der Waals surface area contributed by atoms with Gasteiger partial charge in [0.15, 0.2) is 17.5 Å². The Balaban J connectivity index is 2.06. The summed E-state index contributed by atoms with van der Waals surface area (Å²) in [4.78, 5) is 37.0. The number of hydrogen-bond donors (Lipinski definition) is 1. The van der Waals surface area contributed by atoms with Crippen molar-refractivity contribution in [1.82, 2.24) is 4.90 Å². The molecule has 0 bridgehead atoms. The molecule has 6 nitrogen and oxygen atoms in total. The minimum Gasteiger partial charge on any atom is -0.459 e. The summed E-state index contributed by atoms with van der Waals surface area (Å²) in [7, 11) is 0. The lowest BCUT2D eigenvalue weighted by atomic mass is 10.0. The van der Waals surface area contributed by atoms with E-state index in [1.807, 2.05) is 0 Å². The fraction of sp³-hybridized carbons (Fsp3) is 0.438. The number of hydrogen-bond acceptors (Lipinski definition) is 4. The van der Waals surface area contributed by atoms with Gasteiger partial charge in [0, 0.05) is 30.4 Å². The third-order valence-corrected chi connectivity index (χ3v) is 4.05. The van der Waals surface area contributed by atoms with E-state index in [0.29, 0.717) is 12.1 Å². The first-order valence-electron chi connectivity index (χ1n) is 7.69. The SMILES string of the molecule is CCOC(=O)C(=O)N1CC[C@H](C(=O)Nc2cc(F)c(F)c(F)c2)[C@@H]1C. The van der Waals surface area contributed by atoms with Crippen LogP contribution in [0.1, 0.15) is 20.3 Å². The lowest BCUT2D eigenvalue weighted by Gasteiger charge is -2.23. The fourth-order valence-electron chi connectivity index (χ4n) is 2.75. The highest BCUT2D eigenvalue weighted by molar-refractivity contribution is 6.32. The number of nitrogens with one attached hydrogen (secondary N) is 1. The number of carbonyl (C=O) groups excluding carboxylic acids is 3. The third-order valence-electron chi connectivity index (χ3n) is 4.05. The number of amides is 2. The van der Waals surface area contributed by atoms with E-state index < -0.39 is 47.2 Å². The van der Waals surface area contributed by atoms with Crippen molar-refractivity contribution < 1.29 is 32.3 Å². The zero-order valence-electron chi connectivity index (χ0n) is 13.6. The monoisotopic (exact) mass is 358 g/mol. The van der Waals surface area contributed by atoms with Crippen LogP contribution in [-0.2, 0) is 19.1 Å². The number of esters is 1. The summed E-state index contributed by atoms with van der Waals surface area (Å²) in [6, 6.07) is 0.724. The molecule has 0 aliphatic carbocycles. The number of rotatable bonds is 3. The van der Waals surface area contributed by atoms with Gasteiger partial charge < -0.3 is 15.0 Å². The van der Waals surface area contributed by atoms with E-state index in [0.717, 1.165) is 0 Å². The number of ether oxygens (including phenoxy) is 1. The van der Waals surface area contributed by atoms with Gasteiger partial charge in [0.25, 0.3) is 0 Å². The molecule has 0 spiro atoms. The number of halogens is 3. The molecule has 2 atom stereocenters. The maximum atomic E-state index is 13.2. The molecule has 1 fully saturated rings.